The van der Waals surface area contributed by atoms with Crippen molar-refractivity contribution in [3.63, 3.8) is 0 Å². The van der Waals surface area contributed by atoms with E-state index >= 15 is 0 Å². The van der Waals surface area contributed by atoms with Crippen LogP contribution in [-0.2, 0) is 20.8 Å². The van der Waals surface area contributed by atoms with Crippen molar-refractivity contribution in [3.8, 4) is 5.75 Å². The van der Waals surface area contributed by atoms with E-state index in [0.717, 1.165) is 21.1 Å². The quantitative estimate of drug-likeness (QED) is 0.228. The van der Waals surface area contributed by atoms with Gasteiger partial charge in [0, 0.05) is 11.9 Å². The lowest BCUT2D eigenvalue weighted by Gasteiger charge is -2.33. The average Bonchev–Trinajstić information content (AvgIpc) is 3.27. The number of anilines is 1. The lowest BCUT2D eigenvalue weighted by molar-refractivity contribution is -0.149. The molecule has 5 amide bonds. The Hall–Kier alpha value is -4.18. The number of hydrogen-bond acceptors (Lipinski definition) is 10. The molecule has 2 aromatic rings. The summed E-state index contributed by atoms with van der Waals surface area (Å²) in [7, 11) is -1.58. The number of para-hydroxylation sites is 1. The van der Waals surface area contributed by atoms with E-state index < -0.39 is 48.8 Å². The Bertz CT molecular complexity index is 1250. The molecule has 1 unspecified atom stereocenters. The smallest absolute Gasteiger partial charge is 0.534 e. The molecule has 2 aliphatic rings. The summed E-state index contributed by atoms with van der Waals surface area (Å²) in [6.07, 6.45) is 0.0468. The predicted molar refractivity (Wildman–Crippen MR) is 129 cm³/mol. The molecule has 2 atom stereocenters. The molecule has 1 fully saturated rings. The second kappa shape index (κ2) is 10.4. The summed E-state index contributed by atoms with van der Waals surface area (Å²) in [6.45, 7) is 1.12. The molecular formula is C21H23BN6O8S. The Morgan fingerprint density at radius 3 is 2.59 bits per heavy atom. The molecule has 0 bridgehead atoms. The van der Waals surface area contributed by atoms with Crippen molar-refractivity contribution in [2.75, 3.05) is 25.4 Å². The minimum Gasteiger partial charge on any atom is -0.534 e. The molecule has 14 nitrogen and oxygen atoms in total. The number of likely N-dealkylation sites (N-methyl/N-ethyl adjacent to an activating group) is 1. The average molecular weight is 530 g/mol. The number of nitrogen functional groups attached to an aromatic ring is 1. The van der Waals surface area contributed by atoms with Gasteiger partial charge in [0.1, 0.15) is 18.8 Å². The first-order valence-electron chi connectivity index (χ1n) is 11.2. The van der Waals surface area contributed by atoms with E-state index in [-0.39, 0.29) is 48.2 Å². The van der Waals surface area contributed by atoms with Gasteiger partial charge >= 0.3 is 19.1 Å². The molecule has 1 aromatic carbocycles. The number of carbonyl (C=O) groups is 5. The van der Waals surface area contributed by atoms with Gasteiger partial charge in [-0.2, -0.15) is 0 Å². The Morgan fingerprint density at radius 2 is 2.00 bits per heavy atom. The van der Waals surface area contributed by atoms with Crippen LogP contribution >= 0.6 is 11.3 Å². The predicted octanol–water partition coefficient (Wildman–Crippen LogP) is -0.995. The summed E-state index contributed by atoms with van der Waals surface area (Å²) in [5.74, 6) is -4.08. The number of imide groups is 1. The topological polar surface area (TPSA) is 204 Å². The molecule has 0 radical (unpaired) electrons. The van der Waals surface area contributed by atoms with E-state index in [9.17, 15) is 34.1 Å². The van der Waals surface area contributed by atoms with Crippen LogP contribution in [0.2, 0.25) is 0 Å². The summed E-state index contributed by atoms with van der Waals surface area (Å²) < 4.78 is 5.40. The zero-order valence-electron chi connectivity index (χ0n) is 19.5. The lowest BCUT2D eigenvalue weighted by atomic mass is 9.72. The van der Waals surface area contributed by atoms with Crippen LogP contribution in [0.15, 0.2) is 23.6 Å². The number of nitrogens with two attached hydrogens (primary N) is 1. The summed E-state index contributed by atoms with van der Waals surface area (Å²) in [6, 6.07) is 2.23. The van der Waals surface area contributed by atoms with Crippen molar-refractivity contribution in [1.29, 1.82) is 0 Å². The number of carboxylic acids is 1. The molecule has 6 N–H and O–H groups in total. The number of urea groups is 1. The van der Waals surface area contributed by atoms with Crippen LogP contribution in [0.4, 0.5) is 9.93 Å². The Balaban J connectivity index is 1.51. The van der Waals surface area contributed by atoms with Crippen LogP contribution in [0, 0.1) is 0 Å². The van der Waals surface area contributed by atoms with Crippen molar-refractivity contribution in [1.82, 2.24) is 25.4 Å². The zero-order chi connectivity index (χ0) is 26.9. The van der Waals surface area contributed by atoms with Crippen LogP contribution in [0.3, 0.4) is 0 Å². The SMILES string of the molecule is CCN1C(=O)CN(C(=O)NC(C(=O)N[C@H]2Cc3cccc(C(=O)O)c3OB2O)c2csc(N)n2)CC1=O. The maximum absolute atomic E-state index is 13.3. The molecule has 1 saturated heterocycles. The number of hydrogen-bond donors (Lipinski definition) is 5. The first-order valence-corrected chi connectivity index (χ1v) is 12.1. The van der Waals surface area contributed by atoms with Gasteiger partial charge in [0.15, 0.2) is 11.2 Å². The van der Waals surface area contributed by atoms with Crippen molar-refractivity contribution in [2.45, 2.75) is 25.3 Å². The normalized spacial score (nSPS) is 18.1. The number of aromatic carboxylic acids is 1. The highest BCUT2D eigenvalue weighted by Gasteiger charge is 2.40. The molecule has 37 heavy (non-hydrogen) atoms. The number of benzene rings is 1. The fourth-order valence-corrected chi connectivity index (χ4v) is 4.68. The number of rotatable bonds is 6. The first-order chi connectivity index (χ1) is 17.6. The van der Waals surface area contributed by atoms with Gasteiger partial charge < -0.3 is 36.1 Å². The maximum Gasteiger partial charge on any atom is 0.547 e. The fraction of sp³-hybridized carbons (Fsp3) is 0.333. The molecule has 0 spiro atoms. The van der Waals surface area contributed by atoms with E-state index in [1.54, 1.807) is 13.0 Å². The monoisotopic (exact) mass is 530 g/mol. The number of aromatic nitrogens is 1. The Labute approximate surface area is 214 Å². The van der Waals surface area contributed by atoms with Gasteiger partial charge in [-0.05, 0) is 25.0 Å². The maximum atomic E-state index is 13.3. The number of thiazole rings is 1. The molecule has 16 heteroatoms. The number of nitrogens with one attached hydrogen (secondary N) is 2. The van der Waals surface area contributed by atoms with E-state index in [1.807, 2.05) is 0 Å². The minimum atomic E-state index is -1.58. The van der Waals surface area contributed by atoms with Crippen LogP contribution < -0.4 is 21.0 Å². The van der Waals surface area contributed by atoms with Gasteiger partial charge in [-0.3, -0.25) is 19.3 Å². The molecule has 2 aliphatic heterocycles. The number of piperazine rings is 1. The van der Waals surface area contributed by atoms with E-state index in [0.29, 0.717) is 5.56 Å². The summed E-state index contributed by atoms with van der Waals surface area (Å²) in [4.78, 5) is 68.2. The molecule has 4 rings (SSSR count). The highest BCUT2D eigenvalue weighted by molar-refractivity contribution is 7.13. The largest absolute Gasteiger partial charge is 0.547 e. The summed E-state index contributed by atoms with van der Waals surface area (Å²) in [5, 5.41) is 26.5. The van der Waals surface area contributed by atoms with Crippen molar-refractivity contribution >= 4 is 53.3 Å². The Kier molecular flexibility index (Phi) is 7.31. The second-order valence-corrected chi connectivity index (χ2v) is 9.20. The highest BCUT2D eigenvalue weighted by Crippen LogP contribution is 2.30. The Morgan fingerprint density at radius 1 is 1.30 bits per heavy atom. The fourth-order valence-electron chi connectivity index (χ4n) is 4.09. The van der Waals surface area contributed by atoms with E-state index in [1.165, 1.54) is 17.5 Å². The summed E-state index contributed by atoms with van der Waals surface area (Å²) in [5.41, 5.74) is 6.14. The van der Waals surface area contributed by atoms with Gasteiger partial charge in [0.2, 0.25) is 17.7 Å². The molecule has 0 aliphatic carbocycles. The van der Waals surface area contributed by atoms with Gasteiger partial charge in [-0.15, -0.1) is 11.3 Å². The third-order valence-corrected chi connectivity index (χ3v) is 6.59. The lowest BCUT2D eigenvalue weighted by Crippen LogP contribution is -2.59. The molecule has 1 aromatic heterocycles. The molecule has 0 saturated carbocycles. The third kappa shape index (κ3) is 5.34. The van der Waals surface area contributed by atoms with E-state index in [2.05, 4.69) is 15.6 Å². The standard InChI is InChI=1S/C21H23BN6O8S/c1-2-28-14(29)7-27(8-15(28)30)21(34)26-16(12-9-37-20(23)24-12)18(31)25-13-6-10-4-3-5-11(19(32)33)17(10)36-22(13)35/h3-5,9,13,16,35H,2,6-8H2,1H3,(H2,23,24)(H,25,31)(H,26,34)(H,32,33)/t13-,16?/m0/s1. The van der Waals surface area contributed by atoms with Gasteiger partial charge in [0.05, 0.1) is 17.2 Å². The van der Waals surface area contributed by atoms with Crippen molar-refractivity contribution in [2.24, 2.45) is 0 Å². The van der Waals surface area contributed by atoms with Gasteiger partial charge in [0.25, 0.3) is 0 Å². The summed E-state index contributed by atoms with van der Waals surface area (Å²) >= 11 is 1.04. The van der Waals surface area contributed by atoms with Crippen LogP contribution in [0.5, 0.6) is 5.75 Å². The second-order valence-electron chi connectivity index (χ2n) is 8.31. The first kappa shape index (κ1) is 25.9. The number of carboxylic acid groups (broad SMARTS) is 1. The molecule has 194 valence electrons. The molecular weight excluding hydrogens is 507 g/mol. The zero-order valence-corrected chi connectivity index (χ0v) is 20.4. The van der Waals surface area contributed by atoms with Crippen LogP contribution in [0.1, 0.15) is 34.6 Å². The number of fused-ring (bicyclic) bond motifs is 1. The minimum absolute atomic E-state index is 0.00526. The van der Waals surface area contributed by atoms with Crippen LogP contribution in [0.25, 0.3) is 0 Å². The van der Waals surface area contributed by atoms with Gasteiger partial charge in [-0.25, -0.2) is 14.6 Å². The molecule has 3 heterocycles. The van der Waals surface area contributed by atoms with Crippen molar-refractivity contribution in [3.05, 3.63) is 40.4 Å². The number of nitrogens with zero attached hydrogens (tertiary/aromatic N) is 3. The van der Waals surface area contributed by atoms with Gasteiger partial charge in [-0.1, -0.05) is 12.1 Å². The van der Waals surface area contributed by atoms with E-state index in [4.69, 9.17) is 10.4 Å². The third-order valence-electron chi connectivity index (χ3n) is 5.90. The highest BCUT2D eigenvalue weighted by atomic mass is 32.1. The number of carbonyl (C=O) groups excluding carboxylic acids is 4. The van der Waals surface area contributed by atoms with Crippen LogP contribution in [-0.4, -0.2) is 87.3 Å². The number of amides is 5. The van der Waals surface area contributed by atoms with Crippen molar-refractivity contribution < 1.29 is 38.8 Å².